The number of amides is 1. The van der Waals surface area contributed by atoms with Gasteiger partial charge in [0.25, 0.3) is 5.91 Å². The normalized spacial score (nSPS) is 16.0. The zero-order valence-electron chi connectivity index (χ0n) is 13.8. The lowest BCUT2D eigenvalue weighted by atomic mass is 9.95. The van der Waals surface area contributed by atoms with E-state index in [1.807, 2.05) is 18.2 Å². The molecule has 2 heterocycles. The third-order valence-electron chi connectivity index (χ3n) is 4.18. The second kappa shape index (κ2) is 6.40. The summed E-state index contributed by atoms with van der Waals surface area (Å²) in [7, 11) is 0. The number of hydrogen-bond donors (Lipinski definition) is 2. The van der Waals surface area contributed by atoms with Crippen LogP contribution in [0.2, 0.25) is 0 Å². The smallest absolute Gasteiger partial charge is 0.255 e. The highest BCUT2D eigenvalue weighted by Gasteiger charge is 2.34. The van der Waals surface area contributed by atoms with E-state index in [-0.39, 0.29) is 11.7 Å². The SMILES string of the molecule is CC1=C(C(=O)Nc2ccccc2)[C@@H](c2ccc(F)cc2)n2nnnc2N1. The van der Waals surface area contributed by atoms with Crippen LogP contribution in [0.4, 0.5) is 16.0 Å². The molecule has 0 bridgehead atoms. The van der Waals surface area contributed by atoms with Gasteiger partial charge in [0.05, 0.1) is 5.57 Å². The van der Waals surface area contributed by atoms with E-state index in [1.165, 1.54) is 16.8 Å². The molecule has 0 radical (unpaired) electrons. The van der Waals surface area contributed by atoms with E-state index in [2.05, 4.69) is 26.2 Å². The van der Waals surface area contributed by atoms with Crippen LogP contribution in [0.25, 0.3) is 0 Å². The van der Waals surface area contributed by atoms with Crippen molar-refractivity contribution in [2.75, 3.05) is 10.6 Å². The summed E-state index contributed by atoms with van der Waals surface area (Å²) in [6, 6.07) is 14.5. The second-order valence-corrected chi connectivity index (χ2v) is 5.88. The molecule has 130 valence electrons. The van der Waals surface area contributed by atoms with Crippen molar-refractivity contribution in [1.82, 2.24) is 20.2 Å². The van der Waals surface area contributed by atoms with Crippen molar-refractivity contribution < 1.29 is 9.18 Å². The van der Waals surface area contributed by atoms with Gasteiger partial charge in [-0.15, -0.1) is 0 Å². The number of rotatable bonds is 3. The molecule has 3 aromatic rings. The van der Waals surface area contributed by atoms with Crippen LogP contribution >= 0.6 is 0 Å². The summed E-state index contributed by atoms with van der Waals surface area (Å²) in [6.45, 7) is 1.79. The molecule has 1 atom stereocenters. The van der Waals surface area contributed by atoms with Crippen LogP contribution in [-0.4, -0.2) is 26.1 Å². The summed E-state index contributed by atoms with van der Waals surface area (Å²) in [5, 5.41) is 17.5. The Labute approximate surface area is 148 Å². The number of hydrogen-bond acceptors (Lipinski definition) is 5. The molecule has 1 aliphatic rings. The number of fused-ring (bicyclic) bond motifs is 1. The van der Waals surface area contributed by atoms with Crippen LogP contribution in [0, 0.1) is 5.82 Å². The van der Waals surface area contributed by atoms with Crippen molar-refractivity contribution >= 4 is 17.5 Å². The minimum absolute atomic E-state index is 0.281. The van der Waals surface area contributed by atoms with Gasteiger partial charge in [0.15, 0.2) is 0 Å². The van der Waals surface area contributed by atoms with Gasteiger partial charge >= 0.3 is 0 Å². The van der Waals surface area contributed by atoms with Gasteiger partial charge in [0, 0.05) is 11.4 Å². The summed E-state index contributed by atoms with van der Waals surface area (Å²) >= 11 is 0. The number of nitrogens with one attached hydrogen (secondary N) is 2. The zero-order valence-corrected chi connectivity index (χ0v) is 13.8. The van der Waals surface area contributed by atoms with Crippen LogP contribution in [0.1, 0.15) is 18.5 Å². The summed E-state index contributed by atoms with van der Waals surface area (Å²) < 4.78 is 14.9. The molecule has 8 heteroatoms. The highest BCUT2D eigenvalue weighted by atomic mass is 19.1. The number of carbonyl (C=O) groups excluding carboxylic acids is 1. The lowest BCUT2D eigenvalue weighted by molar-refractivity contribution is -0.113. The molecular weight excluding hydrogens is 335 g/mol. The van der Waals surface area contributed by atoms with Gasteiger partial charge in [-0.25, -0.2) is 4.39 Å². The third kappa shape index (κ3) is 2.81. The Kier molecular flexibility index (Phi) is 3.92. The number of para-hydroxylation sites is 1. The number of anilines is 2. The van der Waals surface area contributed by atoms with Crippen LogP contribution in [0.5, 0.6) is 0 Å². The van der Waals surface area contributed by atoms with E-state index in [0.717, 1.165) is 0 Å². The fourth-order valence-electron chi connectivity index (χ4n) is 2.98. The molecule has 4 rings (SSSR count). The average molecular weight is 350 g/mol. The number of carbonyl (C=O) groups is 1. The predicted molar refractivity (Wildman–Crippen MR) is 93.8 cm³/mol. The minimum atomic E-state index is -0.564. The van der Waals surface area contributed by atoms with Crippen LogP contribution in [0.3, 0.4) is 0 Å². The van der Waals surface area contributed by atoms with E-state index < -0.39 is 6.04 Å². The van der Waals surface area contributed by atoms with E-state index in [9.17, 15) is 9.18 Å². The van der Waals surface area contributed by atoms with Gasteiger partial charge in [-0.3, -0.25) is 4.79 Å². The summed E-state index contributed by atoms with van der Waals surface area (Å²) in [4.78, 5) is 13.0. The van der Waals surface area contributed by atoms with Crippen LogP contribution in [0.15, 0.2) is 65.9 Å². The third-order valence-corrected chi connectivity index (χ3v) is 4.18. The quantitative estimate of drug-likeness (QED) is 0.759. The first-order valence-corrected chi connectivity index (χ1v) is 8.01. The van der Waals surface area contributed by atoms with Gasteiger partial charge in [-0.05, 0) is 47.2 Å². The molecule has 26 heavy (non-hydrogen) atoms. The Morgan fingerprint density at radius 1 is 1.15 bits per heavy atom. The molecule has 0 spiro atoms. The molecule has 2 N–H and O–H groups in total. The van der Waals surface area contributed by atoms with Gasteiger partial charge in [-0.1, -0.05) is 35.4 Å². The highest BCUT2D eigenvalue weighted by Crippen LogP contribution is 2.34. The molecule has 1 amide bonds. The van der Waals surface area contributed by atoms with Crippen molar-refractivity contribution in [3.8, 4) is 0 Å². The summed E-state index contributed by atoms with van der Waals surface area (Å²) in [6.07, 6.45) is 0. The zero-order chi connectivity index (χ0) is 18.1. The molecule has 7 nitrogen and oxygen atoms in total. The molecule has 0 saturated heterocycles. The molecule has 0 unspecified atom stereocenters. The Hall–Kier alpha value is -3.55. The molecule has 0 saturated carbocycles. The predicted octanol–water partition coefficient (Wildman–Crippen LogP) is 2.74. The van der Waals surface area contributed by atoms with Crippen molar-refractivity contribution in [2.45, 2.75) is 13.0 Å². The minimum Gasteiger partial charge on any atom is -0.326 e. The fraction of sp³-hybridized carbons (Fsp3) is 0.111. The lowest BCUT2D eigenvalue weighted by Gasteiger charge is -2.28. The molecule has 2 aromatic carbocycles. The van der Waals surface area contributed by atoms with Crippen molar-refractivity contribution in [3.63, 3.8) is 0 Å². The van der Waals surface area contributed by atoms with Gasteiger partial charge in [0.1, 0.15) is 11.9 Å². The summed E-state index contributed by atoms with van der Waals surface area (Å²) in [5.74, 6) is -0.208. The van der Waals surface area contributed by atoms with Crippen LogP contribution in [-0.2, 0) is 4.79 Å². The summed E-state index contributed by atoms with van der Waals surface area (Å²) in [5.41, 5.74) is 2.48. The van der Waals surface area contributed by atoms with E-state index in [0.29, 0.717) is 28.5 Å². The Morgan fingerprint density at radius 3 is 2.62 bits per heavy atom. The van der Waals surface area contributed by atoms with E-state index in [4.69, 9.17) is 0 Å². The Balaban J connectivity index is 1.77. The average Bonchev–Trinajstić information content (AvgIpc) is 3.10. The maximum Gasteiger partial charge on any atom is 0.255 e. The fourth-order valence-corrected chi connectivity index (χ4v) is 2.98. The molecule has 0 aliphatic carbocycles. The first kappa shape index (κ1) is 15.9. The Bertz CT molecular complexity index is 980. The number of tetrazole rings is 1. The maximum absolute atomic E-state index is 13.4. The largest absolute Gasteiger partial charge is 0.326 e. The molecule has 0 fully saturated rings. The first-order valence-electron chi connectivity index (χ1n) is 8.01. The molecule has 1 aliphatic heterocycles. The number of allylic oxidation sites excluding steroid dienone is 1. The van der Waals surface area contributed by atoms with Gasteiger partial charge in [0.2, 0.25) is 5.95 Å². The number of halogens is 1. The standard InChI is InChI=1S/C18H15FN6O/c1-11-15(17(26)21-14-5-3-2-4-6-14)16(12-7-9-13(19)10-8-12)25-18(20-11)22-23-24-25/h2-10,16H,1H3,(H,21,26)(H,20,22,24)/t16-/m1/s1. The molecule has 1 aromatic heterocycles. The number of aromatic nitrogens is 4. The topological polar surface area (TPSA) is 84.7 Å². The monoisotopic (exact) mass is 350 g/mol. The molecular formula is C18H15FN6O. The highest BCUT2D eigenvalue weighted by molar-refractivity contribution is 6.05. The van der Waals surface area contributed by atoms with Crippen molar-refractivity contribution in [2.24, 2.45) is 0 Å². The van der Waals surface area contributed by atoms with Crippen molar-refractivity contribution in [1.29, 1.82) is 0 Å². The Morgan fingerprint density at radius 2 is 1.88 bits per heavy atom. The van der Waals surface area contributed by atoms with Gasteiger partial charge < -0.3 is 10.6 Å². The number of nitrogens with zero attached hydrogens (tertiary/aromatic N) is 4. The van der Waals surface area contributed by atoms with Crippen LogP contribution < -0.4 is 10.6 Å². The second-order valence-electron chi connectivity index (χ2n) is 5.88. The van der Waals surface area contributed by atoms with Crippen molar-refractivity contribution in [3.05, 3.63) is 77.2 Å². The van der Waals surface area contributed by atoms with E-state index >= 15 is 0 Å². The van der Waals surface area contributed by atoms with E-state index in [1.54, 1.807) is 31.2 Å². The number of benzene rings is 2. The lowest BCUT2D eigenvalue weighted by Crippen LogP contribution is -2.31. The maximum atomic E-state index is 13.4. The first-order chi connectivity index (χ1) is 12.6. The van der Waals surface area contributed by atoms with Gasteiger partial charge in [-0.2, -0.15) is 4.68 Å².